The predicted octanol–water partition coefficient (Wildman–Crippen LogP) is 4.11. The van der Waals surface area contributed by atoms with Crippen molar-refractivity contribution in [1.29, 1.82) is 0 Å². The average Bonchev–Trinajstić information content (AvgIpc) is 3.18. The summed E-state index contributed by atoms with van der Waals surface area (Å²) in [5, 5.41) is 7.21. The second-order valence-corrected chi connectivity index (χ2v) is 7.71. The first kappa shape index (κ1) is 17.8. The number of hydrogen-bond donors (Lipinski definition) is 1. The van der Waals surface area contributed by atoms with E-state index >= 15 is 0 Å². The molecule has 1 aliphatic heterocycles. The Kier molecular flexibility index (Phi) is 4.99. The van der Waals surface area contributed by atoms with E-state index in [-0.39, 0.29) is 5.91 Å². The average molecular weight is 425 g/mol. The van der Waals surface area contributed by atoms with Crippen LogP contribution >= 0.6 is 15.9 Å². The Morgan fingerprint density at radius 3 is 2.48 bits per heavy atom. The van der Waals surface area contributed by atoms with Crippen LogP contribution in [0, 0.1) is 6.92 Å². The molecule has 1 saturated heterocycles. The number of amides is 1. The monoisotopic (exact) mass is 424 g/mol. The number of benzene rings is 2. The summed E-state index contributed by atoms with van der Waals surface area (Å²) in [6.45, 7) is 5.19. The number of rotatable bonds is 3. The van der Waals surface area contributed by atoms with Crippen molar-refractivity contribution in [3.8, 4) is 11.3 Å². The molecule has 0 atom stereocenters. The van der Waals surface area contributed by atoms with Gasteiger partial charge >= 0.3 is 0 Å². The molecule has 0 saturated carbocycles. The SMILES string of the molecule is Cc1cccc(N2CCN(C(=O)c3cc(-c4ccc(Br)cc4)n[nH]3)CC2)c1. The van der Waals surface area contributed by atoms with Crippen LogP contribution in [0.3, 0.4) is 0 Å². The highest BCUT2D eigenvalue weighted by atomic mass is 79.9. The summed E-state index contributed by atoms with van der Waals surface area (Å²) in [6.07, 6.45) is 0. The van der Waals surface area contributed by atoms with E-state index in [4.69, 9.17) is 0 Å². The minimum Gasteiger partial charge on any atom is -0.368 e. The van der Waals surface area contributed by atoms with Gasteiger partial charge in [-0.3, -0.25) is 9.89 Å². The van der Waals surface area contributed by atoms with Gasteiger partial charge in [-0.1, -0.05) is 40.2 Å². The number of aromatic nitrogens is 2. The van der Waals surface area contributed by atoms with E-state index in [9.17, 15) is 4.79 Å². The first-order valence-corrected chi connectivity index (χ1v) is 9.82. The van der Waals surface area contributed by atoms with Crippen LogP contribution in [0.5, 0.6) is 0 Å². The topological polar surface area (TPSA) is 52.2 Å². The summed E-state index contributed by atoms with van der Waals surface area (Å²) in [5.41, 5.74) is 4.78. The molecule has 0 aliphatic carbocycles. The number of carbonyl (C=O) groups excluding carboxylic acids is 1. The molecule has 0 spiro atoms. The second kappa shape index (κ2) is 7.56. The maximum Gasteiger partial charge on any atom is 0.272 e. The summed E-state index contributed by atoms with van der Waals surface area (Å²) in [6, 6.07) is 18.2. The molecule has 6 heteroatoms. The number of H-pyrrole nitrogens is 1. The van der Waals surface area contributed by atoms with Crippen LogP contribution in [0.2, 0.25) is 0 Å². The molecule has 138 valence electrons. The third kappa shape index (κ3) is 3.90. The van der Waals surface area contributed by atoms with Gasteiger partial charge in [0.25, 0.3) is 5.91 Å². The van der Waals surface area contributed by atoms with Crippen molar-refractivity contribution in [3.05, 3.63) is 70.3 Å². The van der Waals surface area contributed by atoms with E-state index in [0.29, 0.717) is 18.8 Å². The largest absolute Gasteiger partial charge is 0.368 e. The van der Waals surface area contributed by atoms with Crippen molar-refractivity contribution < 1.29 is 4.79 Å². The highest BCUT2D eigenvalue weighted by Crippen LogP contribution is 2.22. The van der Waals surface area contributed by atoms with Crippen LogP contribution in [-0.2, 0) is 0 Å². The summed E-state index contributed by atoms with van der Waals surface area (Å²) >= 11 is 3.43. The van der Waals surface area contributed by atoms with Gasteiger partial charge in [0.2, 0.25) is 0 Å². The third-order valence-corrected chi connectivity index (χ3v) is 5.41. The fourth-order valence-electron chi connectivity index (χ4n) is 3.36. The predicted molar refractivity (Wildman–Crippen MR) is 111 cm³/mol. The minimum atomic E-state index is 0.00903. The van der Waals surface area contributed by atoms with Crippen LogP contribution < -0.4 is 4.90 Å². The fraction of sp³-hybridized carbons (Fsp3) is 0.238. The Morgan fingerprint density at radius 1 is 1.04 bits per heavy atom. The van der Waals surface area contributed by atoms with Gasteiger partial charge in [-0.25, -0.2) is 0 Å². The van der Waals surface area contributed by atoms with Crippen LogP contribution in [0.4, 0.5) is 5.69 Å². The van der Waals surface area contributed by atoms with Crippen molar-refractivity contribution in [3.63, 3.8) is 0 Å². The zero-order valence-corrected chi connectivity index (χ0v) is 16.7. The van der Waals surface area contributed by atoms with E-state index in [2.05, 4.69) is 62.2 Å². The second-order valence-electron chi connectivity index (χ2n) is 6.79. The number of hydrogen-bond acceptors (Lipinski definition) is 3. The van der Waals surface area contributed by atoms with E-state index < -0.39 is 0 Å². The summed E-state index contributed by atoms with van der Waals surface area (Å²) < 4.78 is 1.02. The summed E-state index contributed by atoms with van der Waals surface area (Å²) in [7, 11) is 0. The lowest BCUT2D eigenvalue weighted by molar-refractivity contribution is 0.0741. The van der Waals surface area contributed by atoms with E-state index in [0.717, 1.165) is 28.8 Å². The van der Waals surface area contributed by atoms with Gasteiger partial charge < -0.3 is 9.80 Å². The summed E-state index contributed by atoms with van der Waals surface area (Å²) in [4.78, 5) is 17.0. The molecule has 1 fully saturated rings. The molecular formula is C21H21BrN4O. The van der Waals surface area contributed by atoms with Crippen LogP contribution in [0.25, 0.3) is 11.3 Å². The maximum absolute atomic E-state index is 12.8. The standard InChI is InChI=1S/C21H21BrN4O/c1-15-3-2-4-18(13-15)25-9-11-26(12-10-25)21(27)20-14-19(23-24-20)16-5-7-17(22)8-6-16/h2-8,13-14H,9-12H2,1H3,(H,23,24). The Hall–Kier alpha value is -2.60. The lowest BCUT2D eigenvalue weighted by atomic mass is 10.1. The lowest BCUT2D eigenvalue weighted by Gasteiger charge is -2.36. The van der Waals surface area contributed by atoms with Gasteiger partial charge in [0, 0.05) is 41.9 Å². The van der Waals surface area contributed by atoms with Crippen LogP contribution in [0.15, 0.2) is 59.1 Å². The number of carbonyl (C=O) groups is 1. The Labute approximate surface area is 167 Å². The molecule has 1 amide bonds. The van der Waals surface area contributed by atoms with Crippen molar-refractivity contribution in [1.82, 2.24) is 15.1 Å². The molecule has 0 unspecified atom stereocenters. The normalized spacial score (nSPS) is 14.4. The first-order valence-electron chi connectivity index (χ1n) is 9.02. The Morgan fingerprint density at radius 2 is 1.78 bits per heavy atom. The smallest absolute Gasteiger partial charge is 0.272 e. The van der Waals surface area contributed by atoms with Gasteiger partial charge in [-0.2, -0.15) is 5.10 Å². The van der Waals surface area contributed by atoms with Crippen molar-refractivity contribution in [2.75, 3.05) is 31.1 Å². The first-order chi connectivity index (χ1) is 13.1. The van der Waals surface area contributed by atoms with Gasteiger partial charge in [-0.15, -0.1) is 0 Å². The molecule has 0 bridgehead atoms. The van der Waals surface area contributed by atoms with E-state index in [1.807, 2.05) is 35.2 Å². The molecule has 3 aromatic rings. The highest BCUT2D eigenvalue weighted by Gasteiger charge is 2.23. The van der Waals surface area contributed by atoms with Crippen molar-refractivity contribution >= 4 is 27.5 Å². The zero-order valence-electron chi connectivity index (χ0n) is 15.2. The molecule has 2 aromatic carbocycles. The lowest BCUT2D eigenvalue weighted by Crippen LogP contribution is -2.48. The fourth-order valence-corrected chi connectivity index (χ4v) is 3.63. The molecule has 27 heavy (non-hydrogen) atoms. The Bertz CT molecular complexity index is 943. The number of halogens is 1. The number of piperazine rings is 1. The molecule has 2 heterocycles. The van der Waals surface area contributed by atoms with Crippen LogP contribution in [-0.4, -0.2) is 47.2 Å². The van der Waals surface area contributed by atoms with E-state index in [1.165, 1.54) is 11.3 Å². The number of anilines is 1. The van der Waals surface area contributed by atoms with Gasteiger partial charge in [0.15, 0.2) is 0 Å². The quantitative estimate of drug-likeness (QED) is 0.687. The summed E-state index contributed by atoms with van der Waals surface area (Å²) in [5.74, 6) is 0.00903. The van der Waals surface area contributed by atoms with Crippen molar-refractivity contribution in [2.45, 2.75) is 6.92 Å². The molecule has 0 radical (unpaired) electrons. The molecule has 4 rings (SSSR count). The molecular weight excluding hydrogens is 404 g/mol. The van der Waals surface area contributed by atoms with E-state index in [1.54, 1.807) is 0 Å². The minimum absolute atomic E-state index is 0.00903. The molecule has 1 aliphatic rings. The number of nitrogens with one attached hydrogen (secondary N) is 1. The van der Waals surface area contributed by atoms with Crippen LogP contribution in [0.1, 0.15) is 16.1 Å². The number of aromatic amines is 1. The maximum atomic E-state index is 12.8. The third-order valence-electron chi connectivity index (χ3n) is 4.88. The Balaban J connectivity index is 1.42. The number of aryl methyl sites for hydroxylation is 1. The van der Waals surface area contributed by atoms with Gasteiger partial charge in [0.1, 0.15) is 5.69 Å². The number of nitrogens with zero attached hydrogens (tertiary/aromatic N) is 3. The molecule has 1 N–H and O–H groups in total. The molecule has 1 aromatic heterocycles. The van der Waals surface area contributed by atoms with Crippen molar-refractivity contribution in [2.24, 2.45) is 0 Å². The van der Waals surface area contributed by atoms with Gasteiger partial charge in [0.05, 0.1) is 5.69 Å². The zero-order chi connectivity index (χ0) is 18.8. The molecule has 5 nitrogen and oxygen atoms in total. The highest BCUT2D eigenvalue weighted by molar-refractivity contribution is 9.10. The van der Waals surface area contributed by atoms with Gasteiger partial charge in [-0.05, 0) is 42.8 Å².